The Morgan fingerprint density at radius 3 is 2.86 bits per heavy atom. The topological polar surface area (TPSA) is 59.8 Å². The summed E-state index contributed by atoms with van der Waals surface area (Å²) < 4.78 is 1.71. The van der Waals surface area contributed by atoms with Gasteiger partial charge < -0.3 is 5.32 Å². The van der Waals surface area contributed by atoms with E-state index in [2.05, 4.69) is 39.9 Å². The normalized spacial score (nSPS) is 14.2. The highest BCUT2D eigenvalue weighted by molar-refractivity contribution is 5.92. The molecule has 0 spiro atoms. The van der Waals surface area contributed by atoms with E-state index in [1.165, 1.54) is 10.8 Å². The summed E-state index contributed by atoms with van der Waals surface area (Å²) in [6.45, 7) is 0.602. The molecule has 22 heavy (non-hydrogen) atoms. The molecule has 1 heterocycles. The zero-order valence-electron chi connectivity index (χ0n) is 12.1. The summed E-state index contributed by atoms with van der Waals surface area (Å²) in [5, 5.41) is 13.4. The molecule has 1 aliphatic carbocycles. The number of hydrogen-bond acceptors (Lipinski definition) is 3. The summed E-state index contributed by atoms with van der Waals surface area (Å²) >= 11 is 0. The fraction of sp³-hybridized carbons (Fsp3) is 0.235. The maximum atomic E-state index is 11.9. The molecular weight excluding hydrogens is 276 g/mol. The maximum absolute atomic E-state index is 11.9. The van der Waals surface area contributed by atoms with Crippen LogP contribution in [0.1, 0.15) is 28.9 Å². The minimum atomic E-state index is -0.133. The van der Waals surface area contributed by atoms with E-state index in [-0.39, 0.29) is 5.91 Å². The molecule has 0 radical (unpaired) electrons. The van der Waals surface area contributed by atoms with Crippen LogP contribution in [0.5, 0.6) is 0 Å². The zero-order chi connectivity index (χ0) is 14.9. The molecular formula is C17H16N4O. The Hall–Kier alpha value is -2.69. The Bertz CT molecular complexity index is 830. The predicted molar refractivity (Wildman–Crippen MR) is 83.6 cm³/mol. The van der Waals surface area contributed by atoms with Gasteiger partial charge in [-0.2, -0.15) is 0 Å². The molecule has 4 rings (SSSR count). The third-order valence-electron chi connectivity index (χ3n) is 3.90. The van der Waals surface area contributed by atoms with Crippen LogP contribution < -0.4 is 5.32 Å². The first-order valence-corrected chi connectivity index (χ1v) is 7.47. The highest BCUT2D eigenvalue weighted by Gasteiger charge is 2.25. The second-order valence-corrected chi connectivity index (χ2v) is 5.69. The quantitative estimate of drug-likeness (QED) is 0.803. The summed E-state index contributed by atoms with van der Waals surface area (Å²) in [6, 6.07) is 14.8. The van der Waals surface area contributed by atoms with Gasteiger partial charge in [-0.1, -0.05) is 47.7 Å². The van der Waals surface area contributed by atoms with Gasteiger partial charge in [-0.3, -0.25) is 4.79 Å². The van der Waals surface area contributed by atoms with E-state index in [0.29, 0.717) is 18.3 Å². The first-order valence-electron chi connectivity index (χ1n) is 7.47. The molecule has 3 aromatic rings. The van der Waals surface area contributed by atoms with Crippen LogP contribution in [0.4, 0.5) is 0 Å². The van der Waals surface area contributed by atoms with Gasteiger partial charge in [0.2, 0.25) is 0 Å². The van der Waals surface area contributed by atoms with Gasteiger partial charge in [-0.05, 0) is 29.2 Å². The van der Waals surface area contributed by atoms with Crippen molar-refractivity contribution in [2.75, 3.05) is 0 Å². The van der Waals surface area contributed by atoms with Gasteiger partial charge in [0.05, 0.1) is 12.7 Å². The minimum Gasteiger partial charge on any atom is -0.348 e. The second kappa shape index (κ2) is 5.26. The van der Waals surface area contributed by atoms with Crippen molar-refractivity contribution in [3.63, 3.8) is 0 Å². The molecule has 110 valence electrons. The summed E-state index contributed by atoms with van der Waals surface area (Å²) in [6.07, 6.45) is 3.84. The molecule has 1 amide bonds. The van der Waals surface area contributed by atoms with Gasteiger partial charge in [0.15, 0.2) is 5.69 Å². The molecule has 0 aliphatic heterocycles. The number of fused-ring (bicyclic) bond motifs is 1. The molecule has 1 aliphatic rings. The van der Waals surface area contributed by atoms with Gasteiger partial charge in [0, 0.05) is 6.04 Å². The Morgan fingerprint density at radius 2 is 2.00 bits per heavy atom. The van der Waals surface area contributed by atoms with E-state index in [0.717, 1.165) is 18.4 Å². The van der Waals surface area contributed by atoms with E-state index < -0.39 is 0 Å². The van der Waals surface area contributed by atoms with Crippen LogP contribution in [-0.4, -0.2) is 26.9 Å². The second-order valence-electron chi connectivity index (χ2n) is 5.69. The molecule has 5 nitrogen and oxygen atoms in total. The Balaban J connectivity index is 1.57. The van der Waals surface area contributed by atoms with E-state index in [4.69, 9.17) is 0 Å². The molecule has 1 aromatic heterocycles. The van der Waals surface area contributed by atoms with Crippen LogP contribution in [-0.2, 0) is 6.54 Å². The van der Waals surface area contributed by atoms with Crippen LogP contribution >= 0.6 is 0 Å². The third-order valence-corrected chi connectivity index (χ3v) is 3.90. The van der Waals surface area contributed by atoms with E-state index in [1.807, 2.05) is 18.2 Å². The molecule has 1 saturated carbocycles. The lowest BCUT2D eigenvalue weighted by molar-refractivity contribution is 0.0946. The fourth-order valence-electron chi connectivity index (χ4n) is 2.57. The number of carbonyl (C=O) groups is 1. The molecule has 0 saturated heterocycles. The number of carbonyl (C=O) groups excluding carboxylic acids is 1. The standard InChI is InChI=1S/C17H16N4O/c22-17(18-14-8-9-14)16-11-21(20-19-16)10-13-6-3-5-12-4-1-2-7-15(12)13/h1-7,11,14H,8-10H2,(H,18,22). The lowest BCUT2D eigenvalue weighted by Gasteiger charge is -2.06. The predicted octanol–water partition coefficient (Wildman–Crippen LogP) is 2.37. The monoisotopic (exact) mass is 292 g/mol. The highest BCUT2D eigenvalue weighted by atomic mass is 16.2. The highest BCUT2D eigenvalue weighted by Crippen LogP contribution is 2.20. The number of aromatic nitrogens is 3. The minimum absolute atomic E-state index is 0.133. The molecule has 1 N–H and O–H groups in total. The van der Waals surface area contributed by atoms with Crippen molar-refractivity contribution < 1.29 is 4.79 Å². The third kappa shape index (κ3) is 2.57. The van der Waals surface area contributed by atoms with Crippen LogP contribution in [0.2, 0.25) is 0 Å². The fourth-order valence-corrected chi connectivity index (χ4v) is 2.57. The molecule has 1 fully saturated rings. The van der Waals surface area contributed by atoms with Crippen molar-refractivity contribution in [1.29, 1.82) is 0 Å². The summed E-state index contributed by atoms with van der Waals surface area (Å²) in [5.74, 6) is -0.133. The van der Waals surface area contributed by atoms with Crippen LogP contribution in [0, 0.1) is 0 Å². The van der Waals surface area contributed by atoms with Crippen molar-refractivity contribution in [1.82, 2.24) is 20.3 Å². The first-order chi connectivity index (χ1) is 10.8. The Labute approximate surface area is 127 Å². The average molecular weight is 292 g/mol. The first kappa shape index (κ1) is 13.0. The molecule has 2 aromatic carbocycles. The van der Waals surface area contributed by atoms with Crippen molar-refractivity contribution in [2.45, 2.75) is 25.4 Å². The van der Waals surface area contributed by atoms with Crippen molar-refractivity contribution >= 4 is 16.7 Å². The van der Waals surface area contributed by atoms with Crippen LogP contribution in [0.15, 0.2) is 48.7 Å². The Kier molecular flexibility index (Phi) is 3.11. The van der Waals surface area contributed by atoms with Crippen LogP contribution in [0.3, 0.4) is 0 Å². The van der Waals surface area contributed by atoms with E-state index in [1.54, 1.807) is 10.9 Å². The lowest BCUT2D eigenvalue weighted by Crippen LogP contribution is -2.25. The van der Waals surface area contributed by atoms with Gasteiger partial charge >= 0.3 is 0 Å². The SMILES string of the molecule is O=C(NC1CC1)c1cn(Cc2cccc3ccccc23)nn1. The summed E-state index contributed by atoms with van der Waals surface area (Å²) in [5.41, 5.74) is 1.55. The van der Waals surface area contributed by atoms with E-state index in [9.17, 15) is 4.79 Å². The van der Waals surface area contributed by atoms with E-state index >= 15 is 0 Å². The smallest absolute Gasteiger partial charge is 0.273 e. The summed E-state index contributed by atoms with van der Waals surface area (Å²) in [7, 11) is 0. The maximum Gasteiger partial charge on any atom is 0.273 e. The lowest BCUT2D eigenvalue weighted by atomic mass is 10.0. The number of nitrogens with one attached hydrogen (secondary N) is 1. The number of rotatable bonds is 4. The van der Waals surface area contributed by atoms with Gasteiger partial charge in [0.25, 0.3) is 5.91 Å². The largest absolute Gasteiger partial charge is 0.348 e. The average Bonchev–Trinajstić information content (AvgIpc) is 3.23. The number of hydrogen-bond donors (Lipinski definition) is 1. The van der Waals surface area contributed by atoms with Gasteiger partial charge in [0.1, 0.15) is 0 Å². The van der Waals surface area contributed by atoms with Crippen molar-refractivity contribution in [3.05, 3.63) is 59.9 Å². The summed E-state index contributed by atoms with van der Waals surface area (Å²) in [4.78, 5) is 11.9. The Morgan fingerprint density at radius 1 is 1.18 bits per heavy atom. The molecule has 0 unspecified atom stereocenters. The molecule has 0 bridgehead atoms. The number of nitrogens with zero attached hydrogens (tertiary/aromatic N) is 3. The van der Waals surface area contributed by atoms with Gasteiger partial charge in [-0.15, -0.1) is 5.10 Å². The zero-order valence-corrected chi connectivity index (χ0v) is 12.1. The van der Waals surface area contributed by atoms with Crippen LogP contribution in [0.25, 0.3) is 10.8 Å². The van der Waals surface area contributed by atoms with Gasteiger partial charge in [-0.25, -0.2) is 4.68 Å². The van der Waals surface area contributed by atoms with Crippen molar-refractivity contribution in [3.8, 4) is 0 Å². The molecule has 5 heteroatoms. The number of benzene rings is 2. The molecule has 0 atom stereocenters. The number of amides is 1. The van der Waals surface area contributed by atoms with Crippen molar-refractivity contribution in [2.24, 2.45) is 0 Å².